The van der Waals surface area contributed by atoms with Crippen LogP contribution in [-0.4, -0.2) is 6.18 Å². The molecule has 0 unspecified atom stereocenters. The van der Waals surface area contributed by atoms with Crippen molar-refractivity contribution in [2.75, 3.05) is 0 Å². The topological polar surface area (TPSA) is 0 Å². The first-order valence-electron chi connectivity index (χ1n) is 4.24. The van der Waals surface area contributed by atoms with Gasteiger partial charge in [-0.15, -0.1) is 0 Å². The minimum Gasteiger partial charge on any atom is -0.191 e. The van der Waals surface area contributed by atoms with Crippen LogP contribution in [0.5, 0.6) is 0 Å². The zero-order valence-electron chi connectivity index (χ0n) is 7.83. The molecular formula is C10H8F5. The maximum absolute atomic E-state index is 12.8. The van der Waals surface area contributed by atoms with Crippen LogP contribution in [0.3, 0.4) is 0 Å². The summed E-state index contributed by atoms with van der Waals surface area (Å²) in [6.45, 7) is 1.65. The van der Waals surface area contributed by atoms with Gasteiger partial charge in [0.1, 0.15) is 0 Å². The van der Waals surface area contributed by atoms with Crippen LogP contribution in [0.2, 0.25) is 0 Å². The fourth-order valence-electron chi connectivity index (χ4n) is 1.08. The Hall–Kier alpha value is -1.13. The third kappa shape index (κ3) is 2.27. The third-order valence-corrected chi connectivity index (χ3v) is 1.96. The molecule has 0 atom stereocenters. The van der Waals surface area contributed by atoms with E-state index in [1.165, 1.54) is 0 Å². The summed E-state index contributed by atoms with van der Waals surface area (Å²) in [5.74, 6) is -4.80. The monoisotopic (exact) mass is 223 g/mol. The quantitative estimate of drug-likeness (QED) is 0.670. The molecule has 0 N–H and O–H groups in total. The van der Waals surface area contributed by atoms with Gasteiger partial charge in [-0.1, -0.05) is 19.1 Å². The predicted octanol–water partition coefficient (Wildman–Crippen LogP) is 3.70. The van der Waals surface area contributed by atoms with Gasteiger partial charge < -0.3 is 0 Å². The number of alkyl halides is 5. The number of benzene rings is 1. The molecule has 0 nitrogen and oxygen atoms in total. The molecule has 15 heavy (non-hydrogen) atoms. The molecule has 83 valence electrons. The second kappa shape index (κ2) is 3.79. The van der Waals surface area contributed by atoms with Gasteiger partial charge in [-0.3, -0.25) is 0 Å². The zero-order chi connectivity index (χ0) is 11.7. The van der Waals surface area contributed by atoms with Crippen LogP contribution in [-0.2, 0) is 12.3 Å². The van der Waals surface area contributed by atoms with Crippen LogP contribution in [0.25, 0.3) is 0 Å². The van der Waals surface area contributed by atoms with Gasteiger partial charge in [-0.2, -0.15) is 22.0 Å². The SMILES string of the molecule is CCc1[c]ccc(C(F)(F)C(F)(F)F)c1. The first-order valence-corrected chi connectivity index (χ1v) is 4.24. The normalized spacial score (nSPS) is 12.9. The van der Waals surface area contributed by atoms with Gasteiger partial charge in [0.25, 0.3) is 0 Å². The van der Waals surface area contributed by atoms with E-state index >= 15 is 0 Å². The minimum atomic E-state index is -5.56. The Labute approximate surface area is 83.7 Å². The largest absolute Gasteiger partial charge is 0.458 e. The number of aryl methyl sites for hydroxylation is 1. The molecule has 1 rings (SSSR count). The standard InChI is InChI=1S/C10H8F5/c1-2-7-4-3-5-8(6-7)9(11,12)10(13,14)15/h3,5-6H,2H2,1H3. The Morgan fingerprint density at radius 1 is 1.20 bits per heavy atom. The molecule has 0 amide bonds. The highest BCUT2D eigenvalue weighted by molar-refractivity contribution is 5.27. The molecule has 0 saturated heterocycles. The summed E-state index contributed by atoms with van der Waals surface area (Å²) in [6.07, 6.45) is -5.19. The fourth-order valence-corrected chi connectivity index (χ4v) is 1.08. The Morgan fingerprint density at radius 3 is 2.27 bits per heavy atom. The van der Waals surface area contributed by atoms with Gasteiger partial charge in [0.15, 0.2) is 0 Å². The highest BCUT2D eigenvalue weighted by Crippen LogP contribution is 2.43. The van der Waals surface area contributed by atoms with Crippen molar-refractivity contribution in [3.63, 3.8) is 0 Å². The van der Waals surface area contributed by atoms with Gasteiger partial charge in [0.2, 0.25) is 0 Å². The van der Waals surface area contributed by atoms with E-state index in [2.05, 4.69) is 6.07 Å². The molecule has 1 aromatic rings. The van der Waals surface area contributed by atoms with Crippen LogP contribution < -0.4 is 0 Å². The summed E-state index contributed by atoms with van der Waals surface area (Å²) >= 11 is 0. The molecule has 0 aliphatic rings. The average molecular weight is 223 g/mol. The van der Waals surface area contributed by atoms with E-state index in [-0.39, 0.29) is 0 Å². The number of rotatable bonds is 2. The van der Waals surface area contributed by atoms with Crippen molar-refractivity contribution in [2.45, 2.75) is 25.4 Å². The summed E-state index contributed by atoms with van der Waals surface area (Å²) in [7, 11) is 0. The lowest BCUT2D eigenvalue weighted by Crippen LogP contribution is -2.33. The maximum Gasteiger partial charge on any atom is 0.458 e. The highest BCUT2D eigenvalue weighted by Gasteiger charge is 2.58. The third-order valence-electron chi connectivity index (χ3n) is 1.96. The molecule has 1 radical (unpaired) electrons. The summed E-state index contributed by atoms with van der Waals surface area (Å²) in [5, 5.41) is 0. The van der Waals surface area contributed by atoms with Gasteiger partial charge in [-0.05, 0) is 24.1 Å². The molecule has 0 saturated carbocycles. The van der Waals surface area contributed by atoms with Crippen molar-refractivity contribution >= 4 is 0 Å². The van der Waals surface area contributed by atoms with Crippen molar-refractivity contribution in [1.82, 2.24) is 0 Å². The smallest absolute Gasteiger partial charge is 0.191 e. The zero-order valence-corrected chi connectivity index (χ0v) is 7.83. The Balaban J connectivity index is 3.15. The van der Waals surface area contributed by atoms with E-state index in [1.807, 2.05) is 0 Å². The molecule has 0 spiro atoms. The minimum absolute atomic E-state index is 0.330. The van der Waals surface area contributed by atoms with E-state index in [9.17, 15) is 22.0 Å². The van der Waals surface area contributed by atoms with Crippen molar-refractivity contribution in [2.24, 2.45) is 0 Å². The number of hydrogen-bond donors (Lipinski definition) is 0. The van der Waals surface area contributed by atoms with Crippen LogP contribution in [0.1, 0.15) is 18.1 Å². The molecule has 0 fully saturated rings. The molecule has 0 aliphatic carbocycles. The van der Waals surface area contributed by atoms with E-state index in [4.69, 9.17) is 0 Å². The first kappa shape index (κ1) is 11.9. The van der Waals surface area contributed by atoms with Crippen LogP contribution in [0.4, 0.5) is 22.0 Å². The van der Waals surface area contributed by atoms with E-state index in [1.54, 1.807) is 6.92 Å². The van der Waals surface area contributed by atoms with Crippen LogP contribution >= 0.6 is 0 Å². The molecule has 0 bridgehead atoms. The molecular weight excluding hydrogens is 215 g/mol. The van der Waals surface area contributed by atoms with Gasteiger partial charge >= 0.3 is 12.1 Å². The summed E-state index contributed by atoms with van der Waals surface area (Å²) in [5.41, 5.74) is -0.706. The predicted molar refractivity (Wildman–Crippen MR) is 44.6 cm³/mol. The second-order valence-electron chi connectivity index (χ2n) is 3.03. The van der Waals surface area contributed by atoms with Crippen molar-refractivity contribution in [3.05, 3.63) is 35.4 Å². The summed E-state index contributed by atoms with van der Waals surface area (Å²) in [4.78, 5) is 0. The molecule has 0 heterocycles. The van der Waals surface area contributed by atoms with Crippen molar-refractivity contribution in [3.8, 4) is 0 Å². The summed E-state index contributed by atoms with van der Waals surface area (Å²) < 4.78 is 61.7. The van der Waals surface area contributed by atoms with E-state index in [0.29, 0.717) is 12.0 Å². The van der Waals surface area contributed by atoms with Gasteiger partial charge in [0, 0.05) is 5.56 Å². The molecule has 0 aliphatic heterocycles. The molecule has 1 aromatic carbocycles. The summed E-state index contributed by atoms with van der Waals surface area (Å²) in [6, 6.07) is 5.21. The van der Waals surface area contributed by atoms with Crippen LogP contribution in [0.15, 0.2) is 18.2 Å². The maximum atomic E-state index is 12.8. The Kier molecular flexibility index (Phi) is 3.02. The average Bonchev–Trinajstić information content (AvgIpc) is 2.16. The lowest BCUT2D eigenvalue weighted by molar-refractivity contribution is -0.289. The Bertz CT molecular complexity index is 340. The number of halogens is 5. The van der Waals surface area contributed by atoms with E-state index < -0.39 is 17.7 Å². The van der Waals surface area contributed by atoms with Gasteiger partial charge in [0.05, 0.1) is 0 Å². The van der Waals surface area contributed by atoms with Crippen molar-refractivity contribution in [1.29, 1.82) is 0 Å². The van der Waals surface area contributed by atoms with Gasteiger partial charge in [-0.25, -0.2) is 0 Å². The lowest BCUT2D eigenvalue weighted by Gasteiger charge is -2.20. The molecule has 5 heteroatoms. The fraction of sp³-hybridized carbons (Fsp3) is 0.400. The van der Waals surface area contributed by atoms with Crippen molar-refractivity contribution < 1.29 is 22.0 Å². The van der Waals surface area contributed by atoms with E-state index in [0.717, 1.165) is 18.2 Å². The second-order valence-corrected chi connectivity index (χ2v) is 3.03. The Morgan fingerprint density at radius 2 is 1.80 bits per heavy atom. The molecule has 0 aromatic heterocycles. The lowest BCUT2D eigenvalue weighted by atomic mass is 10.0. The highest BCUT2D eigenvalue weighted by atomic mass is 19.4. The number of hydrogen-bond acceptors (Lipinski definition) is 0. The first-order chi connectivity index (χ1) is 6.79. The van der Waals surface area contributed by atoms with Crippen LogP contribution in [0, 0.1) is 6.07 Å².